The third kappa shape index (κ3) is 15.6. The Bertz CT molecular complexity index is 1890. The molecule has 1 saturated carbocycles. The Labute approximate surface area is 410 Å². The molecule has 16 heteroatoms. The molecule has 0 aromatic rings. The number of methoxy groups -OCH3 is 3. The maximum atomic E-state index is 14.5. The van der Waals surface area contributed by atoms with E-state index in [1.165, 1.54) is 23.4 Å². The minimum atomic E-state index is -2.43. The molecule has 2 saturated heterocycles. The van der Waals surface area contributed by atoms with Gasteiger partial charge in [0.05, 0.1) is 23.6 Å². The monoisotopic (exact) mass is 991 g/mol. The van der Waals surface area contributed by atoms with Crippen molar-refractivity contribution in [1.82, 2.24) is 4.90 Å². The first kappa shape index (κ1) is 57.7. The Balaban J connectivity index is 1.70. The van der Waals surface area contributed by atoms with E-state index in [4.69, 9.17) is 23.7 Å². The van der Waals surface area contributed by atoms with Crippen LogP contribution >= 0.6 is 18.4 Å². The molecule has 4 unspecified atom stereocenters. The molecule has 382 valence electrons. The molecule has 1 aliphatic carbocycles. The summed E-state index contributed by atoms with van der Waals surface area (Å²) in [5.74, 6) is -7.90. The number of Topliss-reactive ketones (excluding diaryl/α,β-unsaturated/α-hetero) is 3. The molecular weight excluding hydrogens is 910 g/mol. The van der Waals surface area contributed by atoms with Gasteiger partial charge in [-0.3, -0.25) is 19.2 Å². The number of carbonyl (C=O) groups is 5. The van der Waals surface area contributed by atoms with E-state index < -0.39 is 84.8 Å². The molecule has 0 radical (unpaired) electrons. The smallest absolute Gasteiger partial charge is 0.407 e. The number of esters is 1. The number of ketones is 3. The Morgan fingerprint density at radius 3 is 2.28 bits per heavy atom. The van der Waals surface area contributed by atoms with E-state index in [0.717, 1.165) is 18.4 Å². The van der Waals surface area contributed by atoms with E-state index in [1.54, 1.807) is 47.7 Å². The highest BCUT2D eigenvalue weighted by Crippen LogP contribution is 2.46. The number of fused-ring (bicyclic) bond motifs is 3. The molecular formula is C52H81NO13PS+. The SMILES string of the molecule is CO[C@H]1C[C@@H]2CC[C@@H](C)[C@@](O)(O2)C(=O)C(=O)N2CCCC[C@H]2C(=O)OC([C@H](C)CC2CCC(S[P+](C)=O)[C@H](OC)C2)CC(=O)[C@H](C)/C=C(\C)[C@@H](O)[C@@H](OC)C(=O)[C@H](C)C[C@H](C)/C=C/C=CC=C1C. The van der Waals surface area contributed by atoms with Crippen molar-refractivity contribution < 1.29 is 62.4 Å². The van der Waals surface area contributed by atoms with Gasteiger partial charge in [-0.05, 0) is 107 Å². The number of amides is 1. The molecule has 3 heterocycles. The number of ether oxygens (including phenoxy) is 5. The van der Waals surface area contributed by atoms with Crippen molar-refractivity contribution in [3.05, 3.63) is 47.6 Å². The molecule has 0 spiro atoms. The summed E-state index contributed by atoms with van der Waals surface area (Å²) in [4.78, 5) is 72.2. The summed E-state index contributed by atoms with van der Waals surface area (Å²) >= 11 is 1.44. The van der Waals surface area contributed by atoms with E-state index in [9.17, 15) is 38.8 Å². The summed E-state index contributed by atoms with van der Waals surface area (Å²) in [6, 6.07) is -1.14. The maximum Gasteiger partial charge on any atom is 0.407 e. The number of allylic oxidation sites excluding steroid dienone is 6. The molecule has 4 rings (SSSR count). The maximum absolute atomic E-state index is 14.5. The molecule has 0 aromatic heterocycles. The number of nitrogens with zero attached hydrogens (tertiary/aromatic N) is 1. The van der Waals surface area contributed by atoms with Crippen LogP contribution in [0.15, 0.2) is 47.6 Å². The summed E-state index contributed by atoms with van der Waals surface area (Å²) in [6.45, 7) is 14.5. The van der Waals surface area contributed by atoms with Crippen LogP contribution in [0.2, 0.25) is 0 Å². The quantitative estimate of drug-likeness (QED) is 0.102. The number of rotatable bonds is 8. The van der Waals surface area contributed by atoms with E-state index in [2.05, 4.69) is 0 Å². The summed E-state index contributed by atoms with van der Waals surface area (Å²) in [7, 11) is 3.20. The Morgan fingerprint density at radius 2 is 1.62 bits per heavy atom. The average Bonchev–Trinajstić information content (AvgIpc) is 3.30. The van der Waals surface area contributed by atoms with Crippen LogP contribution in [0, 0.1) is 35.5 Å². The Kier molecular flexibility index (Phi) is 23.0. The van der Waals surface area contributed by atoms with Gasteiger partial charge >= 0.3 is 13.0 Å². The second kappa shape index (κ2) is 27.1. The van der Waals surface area contributed by atoms with Crippen molar-refractivity contribution in [3.63, 3.8) is 0 Å². The van der Waals surface area contributed by atoms with Gasteiger partial charge < -0.3 is 38.8 Å². The fourth-order valence-corrected chi connectivity index (χ4v) is 13.3. The minimum Gasteiger partial charge on any atom is -0.460 e. The molecule has 68 heavy (non-hydrogen) atoms. The van der Waals surface area contributed by atoms with Crippen molar-refractivity contribution in [3.8, 4) is 0 Å². The normalized spacial score (nSPS) is 38.1. The third-order valence-electron chi connectivity index (χ3n) is 14.7. The average molecular weight is 991 g/mol. The largest absolute Gasteiger partial charge is 0.460 e. The highest BCUT2D eigenvalue weighted by atomic mass is 32.7. The van der Waals surface area contributed by atoms with Gasteiger partial charge in [0.1, 0.15) is 48.2 Å². The van der Waals surface area contributed by atoms with Crippen LogP contribution in [0.3, 0.4) is 0 Å². The first-order chi connectivity index (χ1) is 32.1. The lowest BCUT2D eigenvalue weighted by Gasteiger charge is -2.42. The molecule has 1 amide bonds. The predicted molar refractivity (Wildman–Crippen MR) is 264 cm³/mol. The van der Waals surface area contributed by atoms with Gasteiger partial charge in [0.15, 0.2) is 5.78 Å². The highest BCUT2D eigenvalue weighted by Gasteiger charge is 2.53. The van der Waals surface area contributed by atoms with Crippen molar-refractivity contribution in [1.29, 1.82) is 0 Å². The molecule has 4 aliphatic rings. The van der Waals surface area contributed by atoms with Crippen LogP contribution in [0.5, 0.6) is 0 Å². The van der Waals surface area contributed by atoms with Crippen molar-refractivity contribution in [2.45, 2.75) is 179 Å². The fourth-order valence-electron chi connectivity index (χ4n) is 10.4. The van der Waals surface area contributed by atoms with Crippen molar-refractivity contribution >= 4 is 47.6 Å². The number of hydrogen-bond acceptors (Lipinski definition) is 14. The number of hydrogen-bond donors (Lipinski definition) is 2. The first-order valence-corrected chi connectivity index (χ1v) is 27.9. The number of aliphatic hydroxyl groups excluding tert-OH is 1. The van der Waals surface area contributed by atoms with Crippen molar-refractivity contribution in [2.24, 2.45) is 35.5 Å². The fraction of sp³-hybridized carbons (Fsp3) is 0.750. The van der Waals surface area contributed by atoms with Crippen LogP contribution in [-0.2, 0) is 52.2 Å². The highest BCUT2D eigenvalue weighted by molar-refractivity contribution is 8.51. The van der Waals surface area contributed by atoms with Gasteiger partial charge in [-0.2, -0.15) is 0 Å². The zero-order valence-corrected chi connectivity index (χ0v) is 44.1. The van der Waals surface area contributed by atoms with E-state index in [1.807, 2.05) is 58.1 Å². The third-order valence-corrected chi connectivity index (χ3v) is 17.5. The lowest BCUT2D eigenvalue weighted by Crippen LogP contribution is -2.61. The zero-order valence-electron chi connectivity index (χ0n) is 42.4. The van der Waals surface area contributed by atoms with Crippen LogP contribution in [0.4, 0.5) is 0 Å². The zero-order chi connectivity index (χ0) is 50.5. The van der Waals surface area contributed by atoms with Gasteiger partial charge in [-0.1, -0.05) is 75.6 Å². The molecule has 3 fully saturated rings. The number of aliphatic hydroxyl groups is 2. The van der Waals surface area contributed by atoms with Gasteiger partial charge in [0.2, 0.25) is 5.79 Å². The standard InChI is InChI=1S/C52H81NO13PS/c1-31-17-13-12-14-18-32(2)42(62-8)29-39-22-20-37(7)52(60,66-39)49(57)50(58)53-24-16-15-19-40(53)51(59)65-43(34(4)27-38-21-23-45(68-67(11)61)44(28-38)63-9)30-41(54)33(3)26-36(6)47(56)48(64-10)46(55)35(5)25-31/h12-14,17-18,26,31,33-35,37-40,42-45,47-48,56,60H,15-16,19-25,27-30H2,1-11H3/q+1/b14-12?,17-13+,32-18?,36-26+/t31-,33-,34-,35-,37-,38?,39+,40+,42+,43?,44-,45?,47-,48+,52-/m1/s1. The lowest BCUT2D eigenvalue weighted by molar-refractivity contribution is -0.265. The summed E-state index contributed by atoms with van der Waals surface area (Å²) < 4.78 is 41.9. The van der Waals surface area contributed by atoms with Crippen LogP contribution in [0.25, 0.3) is 0 Å². The second-order valence-corrected chi connectivity index (χ2v) is 24.0. The molecule has 2 N–H and O–H groups in total. The molecule has 14 nitrogen and oxygen atoms in total. The topological polar surface area (TPSA) is 192 Å². The van der Waals surface area contributed by atoms with Gasteiger partial charge in [0, 0.05) is 58.5 Å². The predicted octanol–water partition coefficient (Wildman–Crippen LogP) is 8.29. The van der Waals surface area contributed by atoms with Gasteiger partial charge in [0.25, 0.3) is 11.7 Å². The molecule has 16 atom stereocenters. The van der Waals surface area contributed by atoms with Crippen LogP contribution in [-0.4, -0.2) is 133 Å². The van der Waals surface area contributed by atoms with E-state index in [0.29, 0.717) is 56.9 Å². The Hall–Kier alpha value is -2.88. The van der Waals surface area contributed by atoms with Crippen LogP contribution < -0.4 is 0 Å². The molecule has 2 bridgehead atoms. The Morgan fingerprint density at radius 1 is 0.897 bits per heavy atom. The van der Waals surface area contributed by atoms with Gasteiger partial charge in [-0.25, -0.2) is 4.79 Å². The van der Waals surface area contributed by atoms with E-state index in [-0.39, 0.29) is 60.1 Å². The summed E-state index contributed by atoms with van der Waals surface area (Å²) in [6.07, 6.45) is 12.5. The number of carbonyl (C=O) groups excluding carboxylic acids is 5. The molecule has 3 aliphatic heterocycles. The minimum absolute atomic E-state index is 0.0171. The first-order valence-electron chi connectivity index (χ1n) is 24.7. The lowest BCUT2D eigenvalue weighted by atomic mass is 9.79. The van der Waals surface area contributed by atoms with E-state index >= 15 is 0 Å². The second-order valence-electron chi connectivity index (χ2n) is 20.1. The van der Waals surface area contributed by atoms with Gasteiger partial charge in [-0.15, -0.1) is 0 Å². The van der Waals surface area contributed by atoms with Crippen molar-refractivity contribution in [2.75, 3.05) is 34.5 Å². The molecule has 0 aromatic carbocycles. The van der Waals surface area contributed by atoms with Crippen LogP contribution in [0.1, 0.15) is 126 Å². The summed E-state index contributed by atoms with van der Waals surface area (Å²) in [5, 5.41) is 23.5. The number of cyclic esters (lactones) is 1. The summed E-state index contributed by atoms with van der Waals surface area (Å²) in [5.41, 5.74) is 1.27. The number of piperidine rings is 1.